The number of halogens is 1. The molecule has 2 aromatic heterocycles. The molecule has 5 rings (SSSR count). The lowest BCUT2D eigenvalue weighted by atomic mass is 9.87. The van der Waals surface area contributed by atoms with Crippen molar-refractivity contribution in [2.45, 2.75) is 38.3 Å². The van der Waals surface area contributed by atoms with Crippen LogP contribution in [-0.4, -0.2) is 51.1 Å². The molecule has 2 fully saturated rings. The van der Waals surface area contributed by atoms with Gasteiger partial charge in [-0.3, -0.25) is 9.78 Å². The van der Waals surface area contributed by atoms with Gasteiger partial charge in [0.1, 0.15) is 5.69 Å². The third-order valence-electron chi connectivity index (χ3n) is 6.75. The number of pyridine rings is 1. The number of rotatable bonds is 4. The van der Waals surface area contributed by atoms with Gasteiger partial charge in [0, 0.05) is 31.5 Å². The summed E-state index contributed by atoms with van der Waals surface area (Å²) in [5.74, 6) is 0.597. The van der Waals surface area contributed by atoms with Crippen LogP contribution in [0, 0.1) is 5.92 Å². The van der Waals surface area contributed by atoms with Crippen molar-refractivity contribution in [1.29, 1.82) is 0 Å². The Balaban J connectivity index is 1.41. The van der Waals surface area contributed by atoms with Gasteiger partial charge in [0.2, 0.25) is 0 Å². The zero-order valence-electron chi connectivity index (χ0n) is 18.2. The van der Waals surface area contributed by atoms with Crippen molar-refractivity contribution >= 4 is 17.5 Å². The van der Waals surface area contributed by atoms with Crippen molar-refractivity contribution in [2.24, 2.45) is 5.92 Å². The van der Waals surface area contributed by atoms with Gasteiger partial charge < -0.3 is 14.2 Å². The van der Waals surface area contributed by atoms with E-state index in [-0.39, 0.29) is 18.1 Å². The van der Waals surface area contributed by atoms with Gasteiger partial charge in [0.25, 0.3) is 5.91 Å². The number of hydrogen-bond acceptors (Lipinski definition) is 4. The number of amides is 1. The molecule has 166 valence electrons. The van der Waals surface area contributed by atoms with E-state index in [0.717, 1.165) is 42.8 Å². The standard InChI is InChI=1S/C25H27ClN4O2/c1-17(20-6-2-3-7-21(20)22-9-8-19(26)13-28-22)30-16-27-14-23(30)25(31)29-11-10-18-5-4-12-32-24(18)15-29/h2-3,6-9,13-14,16-18,24H,4-5,10-12,15H2,1H3/t17-,18?,24+/m0/s1. The number of carbonyl (C=O) groups excluding carboxylic acids is 1. The molecule has 6 nitrogen and oxygen atoms in total. The van der Waals surface area contributed by atoms with Crippen molar-refractivity contribution in [3.63, 3.8) is 0 Å². The highest BCUT2D eigenvalue weighted by atomic mass is 35.5. The number of likely N-dealkylation sites (tertiary alicyclic amines) is 1. The van der Waals surface area contributed by atoms with E-state index in [4.69, 9.17) is 16.3 Å². The van der Waals surface area contributed by atoms with Crippen LogP contribution in [0.3, 0.4) is 0 Å². The molecule has 3 aromatic rings. The largest absolute Gasteiger partial charge is 0.376 e. The summed E-state index contributed by atoms with van der Waals surface area (Å²) in [6.45, 7) is 4.32. The molecule has 0 N–H and O–H groups in total. The SMILES string of the molecule is C[C@@H](c1ccccc1-c1ccc(Cl)cn1)n1cncc1C(=O)N1CCC2CCCO[C@@H]2C1. The van der Waals surface area contributed by atoms with Gasteiger partial charge in [0.05, 0.1) is 35.4 Å². The predicted octanol–water partition coefficient (Wildman–Crippen LogP) is 4.85. The molecule has 2 aliphatic heterocycles. The van der Waals surface area contributed by atoms with Crippen LogP contribution in [0.25, 0.3) is 11.3 Å². The quantitative estimate of drug-likeness (QED) is 0.570. The number of ether oxygens (including phenoxy) is 1. The lowest BCUT2D eigenvalue weighted by Crippen LogP contribution is -2.49. The molecule has 0 bridgehead atoms. The topological polar surface area (TPSA) is 60.2 Å². The molecule has 0 spiro atoms. The Morgan fingerprint density at radius 2 is 2.06 bits per heavy atom. The zero-order chi connectivity index (χ0) is 22.1. The Hall–Kier alpha value is -2.70. The number of carbonyl (C=O) groups is 1. The highest BCUT2D eigenvalue weighted by Crippen LogP contribution is 2.32. The summed E-state index contributed by atoms with van der Waals surface area (Å²) in [5.41, 5.74) is 3.54. The molecule has 3 atom stereocenters. The van der Waals surface area contributed by atoms with Gasteiger partial charge in [-0.1, -0.05) is 35.9 Å². The van der Waals surface area contributed by atoms with E-state index >= 15 is 0 Å². The van der Waals surface area contributed by atoms with Crippen molar-refractivity contribution < 1.29 is 9.53 Å². The third kappa shape index (κ3) is 4.05. The van der Waals surface area contributed by atoms with Gasteiger partial charge >= 0.3 is 0 Å². The van der Waals surface area contributed by atoms with Crippen LogP contribution in [0.2, 0.25) is 5.02 Å². The lowest BCUT2D eigenvalue weighted by molar-refractivity contribution is -0.0629. The number of benzene rings is 1. The minimum absolute atomic E-state index is 0.0177. The zero-order valence-corrected chi connectivity index (χ0v) is 18.9. The second-order valence-corrected chi connectivity index (χ2v) is 9.10. The van der Waals surface area contributed by atoms with E-state index in [9.17, 15) is 4.79 Å². The molecule has 0 saturated carbocycles. The lowest BCUT2D eigenvalue weighted by Gasteiger charge is -2.41. The van der Waals surface area contributed by atoms with Crippen LogP contribution in [0.5, 0.6) is 0 Å². The van der Waals surface area contributed by atoms with Crippen LogP contribution >= 0.6 is 11.6 Å². The molecule has 7 heteroatoms. The highest BCUT2D eigenvalue weighted by molar-refractivity contribution is 6.30. The van der Waals surface area contributed by atoms with E-state index in [1.165, 1.54) is 6.42 Å². The highest BCUT2D eigenvalue weighted by Gasteiger charge is 2.35. The Labute approximate surface area is 193 Å². The molecule has 1 amide bonds. The van der Waals surface area contributed by atoms with Crippen molar-refractivity contribution in [3.05, 3.63) is 71.4 Å². The summed E-state index contributed by atoms with van der Waals surface area (Å²) < 4.78 is 7.93. The minimum atomic E-state index is -0.0893. The fourth-order valence-electron chi connectivity index (χ4n) is 4.97. The summed E-state index contributed by atoms with van der Waals surface area (Å²) in [7, 11) is 0. The molecule has 1 unspecified atom stereocenters. The van der Waals surface area contributed by atoms with Gasteiger partial charge in [0.15, 0.2) is 0 Å². The fourth-order valence-corrected chi connectivity index (χ4v) is 5.08. The first kappa shape index (κ1) is 21.2. The van der Waals surface area contributed by atoms with Crippen LogP contribution in [0.1, 0.15) is 48.3 Å². The number of imidazole rings is 1. The van der Waals surface area contributed by atoms with E-state index in [0.29, 0.717) is 23.2 Å². The molecule has 0 aliphatic carbocycles. The van der Waals surface area contributed by atoms with Crippen LogP contribution in [0.4, 0.5) is 0 Å². The van der Waals surface area contributed by atoms with Gasteiger partial charge in [-0.25, -0.2) is 4.98 Å². The Morgan fingerprint density at radius 3 is 2.91 bits per heavy atom. The third-order valence-corrected chi connectivity index (χ3v) is 6.97. The van der Waals surface area contributed by atoms with Crippen LogP contribution in [0.15, 0.2) is 55.1 Å². The second kappa shape index (κ2) is 9.04. The maximum atomic E-state index is 13.5. The monoisotopic (exact) mass is 450 g/mol. The number of piperidine rings is 1. The maximum absolute atomic E-state index is 13.5. The first-order valence-corrected chi connectivity index (χ1v) is 11.6. The molecule has 2 saturated heterocycles. The molecule has 32 heavy (non-hydrogen) atoms. The number of aromatic nitrogens is 3. The molecule has 2 aliphatic rings. The summed E-state index contributed by atoms with van der Waals surface area (Å²) in [6.07, 6.45) is 8.57. The Kier molecular flexibility index (Phi) is 5.98. The summed E-state index contributed by atoms with van der Waals surface area (Å²) >= 11 is 6.03. The summed E-state index contributed by atoms with van der Waals surface area (Å²) in [5, 5.41) is 0.604. The number of hydrogen-bond donors (Lipinski definition) is 0. The first-order chi connectivity index (χ1) is 15.6. The average Bonchev–Trinajstić information content (AvgIpc) is 3.33. The van der Waals surface area contributed by atoms with Crippen molar-refractivity contribution in [1.82, 2.24) is 19.4 Å². The Morgan fingerprint density at radius 1 is 1.19 bits per heavy atom. The molecule has 4 heterocycles. The second-order valence-electron chi connectivity index (χ2n) is 8.66. The Bertz CT molecular complexity index is 1100. The van der Waals surface area contributed by atoms with Crippen molar-refractivity contribution in [3.8, 4) is 11.3 Å². The molecular formula is C25H27ClN4O2. The van der Waals surface area contributed by atoms with Gasteiger partial charge in [-0.15, -0.1) is 0 Å². The molecule has 0 radical (unpaired) electrons. The molecular weight excluding hydrogens is 424 g/mol. The van der Waals surface area contributed by atoms with Gasteiger partial charge in [-0.05, 0) is 49.8 Å². The van der Waals surface area contributed by atoms with Gasteiger partial charge in [-0.2, -0.15) is 0 Å². The first-order valence-electron chi connectivity index (χ1n) is 11.3. The van der Waals surface area contributed by atoms with Crippen LogP contribution < -0.4 is 0 Å². The smallest absolute Gasteiger partial charge is 0.272 e. The maximum Gasteiger partial charge on any atom is 0.272 e. The minimum Gasteiger partial charge on any atom is -0.376 e. The van der Waals surface area contributed by atoms with E-state index in [1.807, 2.05) is 39.8 Å². The normalized spacial score (nSPS) is 21.8. The summed E-state index contributed by atoms with van der Waals surface area (Å²) in [4.78, 5) is 24.2. The fraction of sp³-hybridized carbons (Fsp3) is 0.400. The predicted molar refractivity (Wildman–Crippen MR) is 124 cm³/mol. The molecule has 1 aromatic carbocycles. The summed E-state index contributed by atoms with van der Waals surface area (Å²) in [6, 6.07) is 11.8. The average molecular weight is 451 g/mol. The van der Waals surface area contributed by atoms with Crippen molar-refractivity contribution in [2.75, 3.05) is 19.7 Å². The number of fused-ring (bicyclic) bond motifs is 1. The van der Waals surface area contributed by atoms with E-state index in [2.05, 4.69) is 23.0 Å². The van der Waals surface area contributed by atoms with E-state index in [1.54, 1.807) is 18.7 Å². The van der Waals surface area contributed by atoms with E-state index < -0.39 is 0 Å². The van der Waals surface area contributed by atoms with Crippen LogP contribution in [-0.2, 0) is 4.74 Å². The number of nitrogens with zero attached hydrogens (tertiary/aromatic N) is 4.